The summed E-state index contributed by atoms with van der Waals surface area (Å²) < 4.78 is 5.03. The van der Waals surface area contributed by atoms with Gasteiger partial charge in [-0.25, -0.2) is 4.79 Å². The Balaban J connectivity index is 4.80. The third-order valence-corrected chi connectivity index (χ3v) is 2.13. The van der Waals surface area contributed by atoms with Crippen molar-refractivity contribution in [1.29, 1.82) is 0 Å². The smallest absolute Gasteiger partial charge is 0.357 e. The van der Waals surface area contributed by atoms with Gasteiger partial charge in [0.15, 0.2) is 5.71 Å². The average molecular weight is 279 g/mol. The summed E-state index contributed by atoms with van der Waals surface area (Å²) in [5, 5.41) is 0. The molecule has 0 aromatic heterocycles. The molecule has 0 unspecified atom stereocenters. The molecule has 0 spiro atoms. The number of aliphatic imine (C=N–C) groups is 2. The zero-order chi connectivity index (χ0) is 11.0. The highest BCUT2D eigenvalue weighted by Gasteiger charge is 2.14. The third-order valence-electron chi connectivity index (χ3n) is 1.16. The maximum Gasteiger partial charge on any atom is 0.357 e. The van der Waals surface area contributed by atoms with Crippen molar-refractivity contribution < 1.29 is 9.53 Å². The van der Waals surface area contributed by atoms with E-state index in [9.17, 15) is 4.79 Å². The molecule has 0 aliphatic rings. The van der Waals surface area contributed by atoms with Crippen LogP contribution in [0.15, 0.2) is 20.7 Å². The molecule has 0 aromatic carbocycles. The number of carbonyl (C=O) groups excluding carboxylic acids is 1. The average Bonchev–Trinajstić information content (AvgIpc) is 2.18. The number of hydrogen-bond donors (Lipinski definition) is 0. The van der Waals surface area contributed by atoms with Crippen LogP contribution in [0.1, 0.15) is 0 Å². The molecular formula is C8H11BrN2O2S. The van der Waals surface area contributed by atoms with Gasteiger partial charge < -0.3 is 4.74 Å². The standard InChI is InChI=1S/C8H11BrN2O2S/c1-10-4-6(9)7(8(12)13-2)11-5-14-3/h4H,1,5H2,2-3H3/b6-4+,11-7?. The van der Waals surface area contributed by atoms with Crippen molar-refractivity contribution in [2.45, 2.75) is 0 Å². The molecule has 0 saturated heterocycles. The zero-order valence-corrected chi connectivity index (χ0v) is 10.4. The highest BCUT2D eigenvalue weighted by atomic mass is 79.9. The summed E-state index contributed by atoms with van der Waals surface area (Å²) in [6.45, 7) is 3.28. The lowest BCUT2D eigenvalue weighted by atomic mass is 10.3. The lowest BCUT2D eigenvalue weighted by molar-refractivity contribution is -0.132. The van der Waals surface area contributed by atoms with Crippen LogP contribution < -0.4 is 0 Å². The Bertz CT molecular complexity index is 277. The lowest BCUT2D eigenvalue weighted by Crippen LogP contribution is -2.16. The number of methoxy groups -OCH3 is 1. The van der Waals surface area contributed by atoms with Crippen LogP contribution in [0.5, 0.6) is 0 Å². The molecule has 78 valence electrons. The Kier molecular flexibility index (Phi) is 7.41. The van der Waals surface area contributed by atoms with E-state index in [1.54, 1.807) is 0 Å². The molecule has 0 saturated carbocycles. The summed E-state index contributed by atoms with van der Waals surface area (Å²) in [7, 11) is 1.30. The molecule has 0 aliphatic heterocycles. The van der Waals surface area contributed by atoms with Gasteiger partial charge in [0.05, 0.1) is 17.5 Å². The predicted molar refractivity (Wildman–Crippen MR) is 64.4 cm³/mol. The number of esters is 1. The highest BCUT2D eigenvalue weighted by Crippen LogP contribution is 2.10. The number of rotatable bonds is 5. The Labute approximate surface area is 95.7 Å². The molecule has 0 aliphatic carbocycles. The molecule has 0 radical (unpaired) electrons. The molecule has 14 heavy (non-hydrogen) atoms. The van der Waals surface area contributed by atoms with E-state index in [4.69, 9.17) is 0 Å². The largest absolute Gasteiger partial charge is 0.464 e. The number of halogens is 1. The first-order chi connectivity index (χ1) is 6.67. The summed E-state index contributed by atoms with van der Waals surface area (Å²) in [5.41, 5.74) is 0.217. The molecule has 0 heterocycles. The Morgan fingerprint density at radius 3 is 2.79 bits per heavy atom. The molecule has 0 bridgehead atoms. The van der Waals surface area contributed by atoms with E-state index in [1.165, 1.54) is 25.1 Å². The van der Waals surface area contributed by atoms with Crippen molar-refractivity contribution >= 4 is 46.1 Å². The lowest BCUT2D eigenvalue weighted by Gasteiger charge is -2.01. The number of thioether (sulfide) groups is 1. The fraction of sp³-hybridized carbons (Fsp3) is 0.375. The quantitative estimate of drug-likeness (QED) is 0.570. The van der Waals surface area contributed by atoms with Crippen molar-refractivity contribution in [3.05, 3.63) is 10.7 Å². The second kappa shape index (κ2) is 7.75. The van der Waals surface area contributed by atoms with Crippen LogP contribution in [0.3, 0.4) is 0 Å². The van der Waals surface area contributed by atoms with E-state index in [1.807, 2.05) is 6.26 Å². The summed E-state index contributed by atoms with van der Waals surface area (Å²) in [5.74, 6) is -0.00402. The van der Waals surface area contributed by atoms with Crippen molar-refractivity contribution in [2.24, 2.45) is 9.98 Å². The molecule has 6 heteroatoms. The minimum absolute atomic E-state index is 0.217. The van der Waals surface area contributed by atoms with Gasteiger partial charge in [0.2, 0.25) is 0 Å². The number of carbonyl (C=O) groups is 1. The van der Waals surface area contributed by atoms with Crippen LogP contribution in [-0.2, 0) is 9.53 Å². The monoisotopic (exact) mass is 278 g/mol. The van der Waals surface area contributed by atoms with E-state index in [2.05, 4.69) is 37.4 Å². The van der Waals surface area contributed by atoms with Gasteiger partial charge in [-0.05, 0) is 28.9 Å². The van der Waals surface area contributed by atoms with Gasteiger partial charge in [0.25, 0.3) is 0 Å². The Morgan fingerprint density at radius 2 is 2.36 bits per heavy atom. The second-order valence-electron chi connectivity index (χ2n) is 2.08. The SMILES string of the molecule is C=N/C=C(/Br)C(=NCSC)C(=O)OC. The second-order valence-corrected chi connectivity index (χ2v) is 3.77. The molecule has 0 N–H and O–H groups in total. The molecule has 0 aromatic rings. The number of ether oxygens (including phenoxy) is 1. The van der Waals surface area contributed by atoms with Gasteiger partial charge >= 0.3 is 5.97 Å². The zero-order valence-electron chi connectivity index (χ0n) is 7.99. The maximum absolute atomic E-state index is 11.2. The van der Waals surface area contributed by atoms with Crippen LogP contribution in [0, 0.1) is 0 Å². The van der Waals surface area contributed by atoms with Gasteiger partial charge in [-0.15, -0.1) is 11.8 Å². The minimum Gasteiger partial charge on any atom is -0.464 e. The van der Waals surface area contributed by atoms with Gasteiger partial charge in [-0.1, -0.05) is 0 Å². The number of hydrogen-bond acceptors (Lipinski definition) is 5. The Morgan fingerprint density at radius 1 is 1.71 bits per heavy atom. The normalized spacial score (nSPS) is 12.5. The van der Waals surface area contributed by atoms with E-state index in [0.29, 0.717) is 10.4 Å². The fourth-order valence-corrected chi connectivity index (χ4v) is 1.29. The van der Waals surface area contributed by atoms with E-state index in [0.717, 1.165) is 0 Å². The highest BCUT2D eigenvalue weighted by molar-refractivity contribution is 9.12. The van der Waals surface area contributed by atoms with E-state index >= 15 is 0 Å². The third kappa shape index (κ3) is 4.57. The summed E-state index contributed by atoms with van der Waals surface area (Å²) in [4.78, 5) is 18.8. The first kappa shape index (κ1) is 13.4. The first-order valence-electron chi connectivity index (χ1n) is 3.61. The molecular weight excluding hydrogens is 268 g/mol. The van der Waals surface area contributed by atoms with Gasteiger partial charge in [-0.3, -0.25) is 9.98 Å². The summed E-state index contributed by atoms with van der Waals surface area (Å²) >= 11 is 4.67. The van der Waals surface area contributed by atoms with Crippen LogP contribution in [0.25, 0.3) is 0 Å². The van der Waals surface area contributed by atoms with Crippen LogP contribution in [0.2, 0.25) is 0 Å². The molecule has 0 amide bonds. The summed E-state index contributed by atoms with van der Waals surface area (Å²) in [6.07, 6.45) is 3.29. The van der Waals surface area contributed by atoms with Gasteiger partial charge in [-0.2, -0.15) is 0 Å². The van der Waals surface area contributed by atoms with E-state index in [-0.39, 0.29) is 5.71 Å². The predicted octanol–water partition coefficient (Wildman–Crippen LogP) is 1.86. The fourth-order valence-electron chi connectivity index (χ4n) is 0.605. The maximum atomic E-state index is 11.2. The van der Waals surface area contributed by atoms with Gasteiger partial charge in [0, 0.05) is 6.20 Å². The van der Waals surface area contributed by atoms with Crippen molar-refractivity contribution in [3.8, 4) is 0 Å². The Hall–Kier alpha value is -0.620. The van der Waals surface area contributed by atoms with Crippen LogP contribution >= 0.6 is 27.7 Å². The minimum atomic E-state index is -0.495. The first-order valence-corrected chi connectivity index (χ1v) is 5.79. The van der Waals surface area contributed by atoms with Gasteiger partial charge in [0.1, 0.15) is 0 Å². The van der Waals surface area contributed by atoms with E-state index < -0.39 is 5.97 Å². The van der Waals surface area contributed by atoms with Crippen LogP contribution in [-0.4, -0.2) is 37.6 Å². The van der Waals surface area contributed by atoms with Crippen LogP contribution in [0.4, 0.5) is 0 Å². The molecule has 0 fully saturated rings. The molecule has 0 rings (SSSR count). The number of nitrogens with zero attached hydrogens (tertiary/aromatic N) is 2. The van der Waals surface area contributed by atoms with Crippen molar-refractivity contribution in [3.63, 3.8) is 0 Å². The topological polar surface area (TPSA) is 51.0 Å². The van der Waals surface area contributed by atoms with Crippen molar-refractivity contribution in [1.82, 2.24) is 0 Å². The summed E-state index contributed by atoms with van der Waals surface area (Å²) in [6, 6.07) is 0. The molecule has 0 atom stereocenters. The van der Waals surface area contributed by atoms with Crippen molar-refractivity contribution in [2.75, 3.05) is 19.2 Å². The molecule has 4 nitrogen and oxygen atoms in total.